The Labute approximate surface area is 105 Å². The van der Waals surface area contributed by atoms with Crippen LogP contribution >= 0.6 is 0 Å². The molecule has 98 valence electrons. The van der Waals surface area contributed by atoms with Gasteiger partial charge in [0.2, 0.25) is 5.91 Å². The van der Waals surface area contributed by atoms with Crippen LogP contribution in [0.5, 0.6) is 0 Å². The Hall–Kier alpha value is -1.95. The quantitative estimate of drug-likeness (QED) is 0.726. The first kappa shape index (κ1) is 14.1. The Bertz CT molecular complexity index is 446. The maximum absolute atomic E-state index is 11.7. The minimum Gasteiger partial charge on any atom is -0.478 e. The lowest BCUT2D eigenvalue weighted by molar-refractivity contribution is -0.117. The van der Waals surface area contributed by atoms with Crippen molar-refractivity contribution in [2.45, 2.75) is 26.3 Å². The molecule has 0 saturated carbocycles. The van der Waals surface area contributed by atoms with E-state index in [0.717, 1.165) is 0 Å². The van der Waals surface area contributed by atoms with Crippen LogP contribution in [0.2, 0.25) is 0 Å². The molecule has 0 spiro atoms. The summed E-state index contributed by atoms with van der Waals surface area (Å²) in [5.41, 5.74) is 6.07. The van der Waals surface area contributed by atoms with Gasteiger partial charge in [0.25, 0.3) is 0 Å². The molecule has 0 fully saturated rings. The Kier molecular flexibility index (Phi) is 4.79. The van der Waals surface area contributed by atoms with E-state index in [1.54, 1.807) is 0 Å². The zero-order valence-electron chi connectivity index (χ0n) is 10.4. The Morgan fingerprint density at radius 1 is 1.44 bits per heavy atom. The molecule has 0 saturated heterocycles. The maximum Gasteiger partial charge on any atom is 0.337 e. The molecule has 1 rings (SSSR count). The van der Waals surface area contributed by atoms with Crippen LogP contribution in [0.1, 0.15) is 30.6 Å². The maximum atomic E-state index is 11.7. The second-order valence-corrected chi connectivity index (χ2v) is 4.49. The van der Waals surface area contributed by atoms with Gasteiger partial charge >= 0.3 is 5.97 Å². The summed E-state index contributed by atoms with van der Waals surface area (Å²) in [7, 11) is 0. The summed E-state index contributed by atoms with van der Waals surface area (Å²) >= 11 is 0. The molecule has 18 heavy (non-hydrogen) atoms. The molecule has 6 heteroatoms. The van der Waals surface area contributed by atoms with Gasteiger partial charge in [0.15, 0.2) is 0 Å². The number of carbonyl (C=O) groups excluding carboxylic acids is 1. The molecular formula is C12H17N3O3. The van der Waals surface area contributed by atoms with Gasteiger partial charge in [-0.1, -0.05) is 13.8 Å². The lowest BCUT2D eigenvalue weighted by atomic mass is 10.0. The molecule has 0 unspecified atom stereocenters. The smallest absolute Gasteiger partial charge is 0.337 e. The first-order chi connectivity index (χ1) is 8.40. The third-order valence-corrected chi connectivity index (χ3v) is 2.31. The molecule has 0 aliphatic heterocycles. The number of hydrogen-bond acceptors (Lipinski definition) is 4. The van der Waals surface area contributed by atoms with Crippen LogP contribution in [0, 0.1) is 5.92 Å². The van der Waals surface area contributed by atoms with Crippen LogP contribution in [-0.4, -0.2) is 28.0 Å². The van der Waals surface area contributed by atoms with E-state index in [1.807, 2.05) is 13.8 Å². The van der Waals surface area contributed by atoms with Crippen LogP contribution in [0.15, 0.2) is 18.5 Å². The molecule has 1 amide bonds. The average Bonchev–Trinajstić information content (AvgIpc) is 2.28. The number of nitrogens with two attached hydrogens (primary N) is 1. The lowest BCUT2D eigenvalue weighted by Gasteiger charge is -2.14. The third-order valence-electron chi connectivity index (χ3n) is 2.31. The first-order valence-electron chi connectivity index (χ1n) is 5.65. The summed E-state index contributed by atoms with van der Waals surface area (Å²) in [6, 6.07) is 0.730. The van der Waals surface area contributed by atoms with Crippen LogP contribution in [0.4, 0.5) is 5.69 Å². The van der Waals surface area contributed by atoms with Crippen molar-refractivity contribution in [3.63, 3.8) is 0 Å². The van der Waals surface area contributed by atoms with Crippen LogP contribution in [0.3, 0.4) is 0 Å². The predicted molar refractivity (Wildman–Crippen MR) is 67.3 cm³/mol. The molecule has 1 aromatic heterocycles. The standard InChI is InChI=1S/C12H17N3O3/c1-7(2)3-10(13)11(16)15-9-4-8(12(17)18)5-14-6-9/h4-7,10H,3,13H2,1-2H3,(H,15,16)(H,17,18)/t10-/m0/s1. The first-order valence-corrected chi connectivity index (χ1v) is 5.65. The van der Waals surface area contributed by atoms with E-state index in [2.05, 4.69) is 10.3 Å². The molecule has 0 radical (unpaired) electrons. The van der Waals surface area contributed by atoms with E-state index in [4.69, 9.17) is 10.8 Å². The number of carboxylic acid groups (broad SMARTS) is 1. The van der Waals surface area contributed by atoms with Gasteiger partial charge in [0, 0.05) is 6.20 Å². The van der Waals surface area contributed by atoms with Crippen molar-refractivity contribution in [3.05, 3.63) is 24.0 Å². The van der Waals surface area contributed by atoms with Crippen molar-refractivity contribution in [2.24, 2.45) is 11.7 Å². The minimum atomic E-state index is -1.09. The van der Waals surface area contributed by atoms with Gasteiger partial charge in [-0.2, -0.15) is 0 Å². The highest BCUT2D eigenvalue weighted by atomic mass is 16.4. The molecule has 0 bridgehead atoms. The summed E-state index contributed by atoms with van der Waals surface area (Å²) in [4.78, 5) is 26.2. The second kappa shape index (κ2) is 6.11. The minimum absolute atomic E-state index is 0.0187. The van der Waals surface area contributed by atoms with Crippen LogP contribution < -0.4 is 11.1 Å². The number of aromatic carboxylic acids is 1. The number of amides is 1. The molecule has 1 aromatic rings. The zero-order valence-corrected chi connectivity index (χ0v) is 10.4. The highest BCUT2D eigenvalue weighted by molar-refractivity contribution is 5.96. The molecule has 1 heterocycles. The monoisotopic (exact) mass is 251 g/mol. The number of rotatable bonds is 5. The normalized spacial score (nSPS) is 12.2. The number of nitrogens with zero attached hydrogens (tertiary/aromatic N) is 1. The van der Waals surface area contributed by atoms with Gasteiger partial charge in [-0.05, 0) is 18.4 Å². The SMILES string of the molecule is CC(C)C[C@H](N)C(=O)Nc1cncc(C(=O)O)c1. The number of carbonyl (C=O) groups is 2. The van der Waals surface area contributed by atoms with Gasteiger partial charge in [0.05, 0.1) is 23.5 Å². The Morgan fingerprint density at radius 3 is 2.67 bits per heavy atom. The van der Waals surface area contributed by atoms with Crippen molar-refractivity contribution in [2.75, 3.05) is 5.32 Å². The van der Waals surface area contributed by atoms with Crippen molar-refractivity contribution in [1.29, 1.82) is 0 Å². The van der Waals surface area contributed by atoms with Gasteiger partial charge in [-0.25, -0.2) is 4.79 Å². The van der Waals surface area contributed by atoms with E-state index >= 15 is 0 Å². The summed E-state index contributed by atoms with van der Waals surface area (Å²) in [5.74, 6) is -1.12. The molecular weight excluding hydrogens is 234 g/mol. The molecule has 4 N–H and O–H groups in total. The fourth-order valence-corrected chi connectivity index (χ4v) is 1.48. The van der Waals surface area contributed by atoms with Crippen LogP contribution in [0.25, 0.3) is 0 Å². The summed E-state index contributed by atoms with van der Waals surface area (Å²) in [6.45, 7) is 3.94. The summed E-state index contributed by atoms with van der Waals surface area (Å²) in [6.07, 6.45) is 3.16. The van der Waals surface area contributed by atoms with Gasteiger partial charge in [-0.15, -0.1) is 0 Å². The van der Waals surface area contributed by atoms with E-state index < -0.39 is 12.0 Å². The number of hydrogen-bond donors (Lipinski definition) is 3. The van der Waals surface area contributed by atoms with Crippen molar-refractivity contribution < 1.29 is 14.7 Å². The molecule has 6 nitrogen and oxygen atoms in total. The molecule has 0 aromatic carbocycles. The number of carboxylic acids is 1. The number of anilines is 1. The predicted octanol–water partition coefficient (Wildman–Crippen LogP) is 1.09. The Morgan fingerprint density at radius 2 is 2.11 bits per heavy atom. The van der Waals surface area contributed by atoms with E-state index in [-0.39, 0.29) is 11.5 Å². The van der Waals surface area contributed by atoms with Gasteiger partial charge in [0.1, 0.15) is 0 Å². The van der Waals surface area contributed by atoms with E-state index in [9.17, 15) is 9.59 Å². The van der Waals surface area contributed by atoms with Crippen molar-refractivity contribution in [3.8, 4) is 0 Å². The summed E-state index contributed by atoms with van der Waals surface area (Å²) in [5, 5.41) is 11.3. The lowest BCUT2D eigenvalue weighted by Crippen LogP contribution is -2.36. The fraction of sp³-hybridized carbons (Fsp3) is 0.417. The molecule has 0 aliphatic carbocycles. The fourth-order valence-electron chi connectivity index (χ4n) is 1.48. The molecule has 1 atom stereocenters. The third kappa shape index (κ3) is 4.14. The highest BCUT2D eigenvalue weighted by Crippen LogP contribution is 2.10. The number of aromatic nitrogens is 1. The topological polar surface area (TPSA) is 105 Å². The largest absolute Gasteiger partial charge is 0.478 e. The van der Waals surface area contributed by atoms with Crippen molar-refractivity contribution in [1.82, 2.24) is 4.98 Å². The highest BCUT2D eigenvalue weighted by Gasteiger charge is 2.15. The molecule has 0 aliphatic rings. The number of nitrogens with one attached hydrogen (secondary N) is 1. The number of pyridine rings is 1. The van der Waals surface area contributed by atoms with Gasteiger partial charge in [-0.3, -0.25) is 9.78 Å². The van der Waals surface area contributed by atoms with Crippen molar-refractivity contribution >= 4 is 17.6 Å². The van der Waals surface area contributed by atoms with E-state index in [1.165, 1.54) is 18.5 Å². The average molecular weight is 251 g/mol. The summed E-state index contributed by atoms with van der Waals surface area (Å²) < 4.78 is 0. The van der Waals surface area contributed by atoms with E-state index in [0.29, 0.717) is 18.0 Å². The zero-order chi connectivity index (χ0) is 13.7. The second-order valence-electron chi connectivity index (χ2n) is 4.49. The van der Waals surface area contributed by atoms with Crippen LogP contribution in [-0.2, 0) is 4.79 Å². The van der Waals surface area contributed by atoms with Gasteiger partial charge < -0.3 is 16.2 Å². The Balaban J connectivity index is 2.70.